The largest absolute Gasteiger partial charge is 0.323 e. The van der Waals surface area contributed by atoms with Gasteiger partial charge >= 0.3 is 0 Å². The van der Waals surface area contributed by atoms with E-state index >= 15 is 0 Å². The van der Waals surface area contributed by atoms with Crippen LogP contribution in [0.5, 0.6) is 0 Å². The fourth-order valence-corrected chi connectivity index (χ4v) is 5.25. The van der Waals surface area contributed by atoms with E-state index in [1.54, 1.807) is 24.3 Å². The first-order chi connectivity index (χ1) is 12.1. The van der Waals surface area contributed by atoms with Crippen LogP contribution in [0.4, 0.5) is 5.69 Å². The Morgan fingerprint density at radius 1 is 1.08 bits per heavy atom. The van der Waals surface area contributed by atoms with Gasteiger partial charge in [-0.1, -0.05) is 35.9 Å². The van der Waals surface area contributed by atoms with Crippen LogP contribution < -0.4 is 5.32 Å². The second-order valence-electron chi connectivity index (χ2n) is 7.45. The number of hydrogen-bond acceptors (Lipinski definition) is 3. The van der Waals surface area contributed by atoms with Crippen LogP contribution in [0.25, 0.3) is 0 Å². The predicted octanol–water partition coefficient (Wildman–Crippen LogP) is 2.33. The summed E-state index contributed by atoms with van der Waals surface area (Å²) >= 11 is 6.04. The fourth-order valence-electron chi connectivity index (χ4n) is 5.07. The van der Waals surface area contributed by atoms with E-state index < -0.39 is 5.91 Å². The fraction of sp³-hybridized carbons (Fsp3) is 0.421. The Bertz CT molecular complexity index is 800. The van der Waals surface area contributed by atoms with E-state index in [-0.39, 0.29) is 42.0 Å². The number of anilines is 1. The molecule has 1 N–H and O–H groups in total. The Balaban J connectivity index is 1.34. The Kier molecular flexibility index (Phi) is 3.14. The molecule has 6 rings (SSSR count). The molecule has 4 aliphatic carbocycles. The van der Waals surface area contributed by atoms with Gasteiger partial charge in [0.05, 0.1) is 22.5 Å². The van der Waals surface area contributed by atoms with E-state index in [1.165, 1.54) is 0 Å². The van der Waals surface area contributed by atoms with Gasteiger partial charge in [-0.05, 0) is 42.2 Å². The van der Waals surface area contributed by atoms with E-state index in [0.29, 0.717) is 22.5 Å². The number of carbonyl (C=O) groups is 3. The number of imide groups is 1. The average Bonchev–Trinajstić information content (AvgIpc) is 3.38. The number of rotatable bonds is 3. The van der Waals surface area contributed by atoms with Gasteiger partial charge in [0.2, 0.25) is 17.7 Å². The molecule has 3 fully saturated rings. The van der Waals surface area contributed by atoms with Crippen LogP contribution in [0.2, 0.25) is 5.02 Å². The highest BCUT2D eigenvalue weighted by Crippen LogP contribution is 2.65. The minimum Gasteiger partial charge on any atom is -0.323 e. The summed E-state index contributed by atoms with van der Waals surface area (Å²) in [5.74, 6) is 0.164. The highest BCUT2D eigenvalue weighted by Gasteiger charge is 2.67. The molecule has 5 aliphatic rings. The number of carbonyl (C=O) groups excluding carboxylic acids is 3. The highest BCUT2D eigenvalue weighted by atomic mass is 35.5. The zero-order valence-corrected chi connectivity index (χ0v) is 14.1. The van der Waals surface area contributed by atoms with Crippen molar-refractivity contribution in [2.75, 3.05) is 11.9 Å². The summed E-state index contributed by atoms with van der Waals surface area (Å²) < 4.78 is 0. The van der Waals surface area contributed by atoms with Gasteiger partial charge in [0.15, 0.2) is 0 Å². The number of hydrogen-bond donors (Lipinski definition) is 1. The summed E-state index contributed by atoms with van der Waals surface area (Å²) in [7, 11) is 0. The van der Waals surface area contributed by atoms with E-state index in [2.05, 4.69) is 17.5 Å². The molecule has 6 atom stereocenters. The number of nitrogens with zero attached hydrogens (tertiary/aromatic N) is 1. The Morgan fingerprint density at radius 2 is 1.68 bits per heavy atom. The Labute approximate surface area is 150 Å². The Hall–Kier alpha value is -2.14. The normalized spacial score (nSPS) is 37.1. The zero-order valence-electron chi connectivity index (χ0n) is 13.4. The van der Waals surface area contributed by atoms with Crippen LogP contribution >= 0.6 is 11.6 Å². The lowest BCUT2D eigenvalue weighted by Crippen LogP contribution is -2.40. The second kappa shape index (κ2) is 5.18. The van der Waals surface area contributed by atoms with Gasteiger partial charge in [-0.15, -0.1) is 0 Å². The van der Waals surface area contributed by atoms with Crippen molar-refractivity contribution < 1.29 is 14.4 Å². The molecule has 1 heterocycles. The minimum atomic E-state index is -0.404. The van der Waals surface area contributed by atoms with Crippen molar-refractivity contribution in [1.82, 2.24) is 4.90 Å². The van der Waals surface area contributed by atoms with Crippen LogP contribution in [-0.4, -0.2) is 29.2 Å². The number of halogens is 1. The van der Waals surface area contributed by atoms with E-state index in [1.807, 2.05) is 0 Å². The van der Waals surface area contributed by atoms with Crippen LogP contribution in [0.15, 0.2) is 36.4 Å². The highest BCUT2D eigenvalue weighted by molar-refractivity contribution is 6.33. The van der Waals surface area contributed by atoms with Gasteiger partial charge in [0.1, 0.15) is 6.54 Å². The third-order valence-electron chi connectivity index (χ3n) is 6.20. The van der Waals surface area contributed by atoms with Crippen molar-refractivity contribution in [2.45, 2.75) is 6.42 Å². The molecule has 1 aliphatic heterocycles. The number of nitrogens with one attached hydrogen (secondary N) is 1. The number of para-hydroxylation sites is 1. The first kappa shape index (κ1) is 15.1. The number of amides is 3. The molecule has 5 nitrogen and oxygen atoms in total. The van der Waals surface area contributed by atoms with Gasteiger partial charge in [-0.25, -0.2) is 0 Å². The molecule has 2 saturated carbocycles. The quantitative estimate of drug-likeness (QED) is 0.667. The zero-order chi connectivity index (χ0) is 17.3. The molecule has 0 unspecified atom stereocenters. The molecule has 128 valence electrons. The van der Waals surface area contributed by atoms with Gasteiger partial charge < -0.3 is 5.32 Å². The molecular weight excluding hydrogens is 340 g/mol. The lowest BCUT2D eigenvalue weighted by Gasteiger charge is -2.37. The molecule has 1 aromatic rings. The van der Waals surface area contributed by atoms with Crippen molar-refractivity contribution in [3.63, 3.8) is 0 Å². The van der Waals surface area contributed by atoms with Gasteiger partial charge in [-0.2, -0.15) is 0 Å². The van der Waals surface area contributed by atoms with E-state index in [0.717, 1.165) is 11.3 Å². The maximum absolute atomic E-state index is 12.8. The molecule has 0 radical (unpaired) electrons. The lowest BCUT2D eigenvalue weighted by atomic mass is 9.63. The van der Waals surface area contributed by atoms with Crippen LogP contribution in [0.1, 0.15) is 6.42 Å². The van der Waals surface area contributed by atoms with Crippen LogP contribution in [-0.2, 0) is 14.4 Å². The van der Waals surface area contributed by atoms with Crippen molar-refractivity contribution in [3.8, 4) is 0 Å². The molecule has 25 heavy (non-hydrogen) atoms. The topological polar surface area (TPSA) is 66.5 Å². The monoisotopic (exact) mass is 356 g/mol. The average molecular weight is 357 g/mol. The van der Waals surface area contributed by atoms with Gasteiger partial charge in [0, 0.05) is 0 Å². The second-order valence-corrected chi connectivity index (χ2v) is 7.85. The van der Waals surface area contributed by atoms with Crippen molar-refractivity contribution in [2.24, 2.45) is 35.5 Å². The van der Waals surface area contributed by atoms with Crippen molar-refractivity contribution >= 4 is 35.0 Å². The van der Waals surface area contributed by atoms with E-state index in [4.69, 9.17) is 11.6 Å². The third-order valence-corrected chi connectivity index (χ3v) is 6.53. The van der Waals surface area contributed by atoms with Crippen LogP contribution in [0, 0.1) is 35.5 Å². The third kappa shape index (κ3) is 2.11. The molecule has 0 aromatic heterocycles. The smallest absolute Gasteiger partial charge is 0.244 e. The number of allylic oxidation sites excluding steroid dienone is 2. The van der Waals surface area contributed by atoms with Crippen molar-refractivity contribution in [1.29, 1.82) is 0 Å². The maximum Gasteiger partial charge on any atom is 0.244 e. The summed E-state index contributed by atoms with van der Waals surface area (Å²) in [4.78, 5) is 39.1. The maximum atomic E-state index is 12.8. The molecule has 6 heteroatoms. The predicted molar refractivity (Wildman–Crippen MR) is 91.5 cm³/mol. The lowest BCUT2D eigenvalue weighted by molar-refractivity contribution is -0.142. The van der Waals surface area contributed by atoms with Crippen LogP contribution in [0.3, 0.4) is 0 Å². The summed E-state index contributed by atoms with van der Waals surface area (Å²) in [5, 5.41) is 3.10. The van der Waals surface area contributed by atoms with Gasteiger partial charge in [-0.3, -0.25) is 19.3 Å². The molecule has 3 amide bonds. The minimum absolute atomic E-state index is 0.174. The Morgan fingerprint density at radius 3 is 2.28 bits per heavy atom. The summed E-state index contributed by atoms with van der Waals surface area (Å²) in [6.07, 6.45) is 5.37. The standard InChI is InChI=1S/C19H17ClN2O3/c20-13-3-1-2-4-14(13)21-15(23)8-22-18(24)16-9-5-6-10(12-7-11(9)12)17(16)19(22)25/h1-6,9-12,16-17H,7-8H2,(H,21,23)/t9-,10+,11-,12-,16+,17+/m1/s1. The summed E-state index contributed by atoms with van der Waals surface area (Å²) in [6, 6.07) is 6.89. The molecule has 0 spiro atoms. The summed E-state index contributed by atoms with van der Waals surface area (Å²) in [5.41, 5.74) is 0.480. The molecule has 2 bridgehead atoms. The van der Waals surface area contributed by atoms with Gasteiger partial charge in [0.25, 0.3) is 0 Å². The van der Waals surface area contributed by atoms with E-state index in [9.17, 15) is 14.4 Å². The molecule has 1 saturated heterocycles. The SMILES string of the molecule is O=C(CN1C(=O)[C@H]2[C@@H]3C=C[C@@H]([C@H]4C[C@H]34)[C@@H]2C1=O)Nc1ccccc1Cl. The first-order valence-corrected chi connectivity index (χ1v) is 9.02. The first-order valence-electron chi connectivity index (χ1n) is 8.64. The molecular formula is C19H17ClN2O3. The molecule has 1 aromatic carbocycles. The van der Waals surface area contributed by atoms with Crippen molar-refractivity contribution in [3.05, 3.63) is 41.4 Å². The number of benzene rings is 1. The number of likely N-dealkylation sites (tertiary alicyclic amines) is 1. The summed E-state index contributed by atoms with van der Waals surface area (Å²) in [6.45, 7) is -0.245.